The third-order valence-corrected chi connectivity index (χ3v) is 16.3. The van der Waals surface area contributed by atoms with E-state index in [1.165, 1.54) is 42.6 Å². The van der Waals surface area contributed by atoms with E-state index >= 15 is 0 Å². The van der Waals surface area contributed by atoms with Gasteiger partial charge < -0.3 is 12.8 Å². The Morgan fingerprint density at radius 1 is 0.274 bits per heavy atom. The predicted octanol–water partition coefficient (Wildman–Crippen LogP) is 11.4. The van der Waals surface area contributed by atoms with E-state index in [1.54, 1.807) is 0 Å². The zero-order valence-corrected chi connectivity index (χ0v) is 40.0. The van der Waals surface area contributed by atoms with Crippen molar-refractivity contribution < 1.29 is 44.8 Å². The largest absolute Gasteiger partial charge is 1.00 e. The van der Waals surface area contributed by atoms with E-state index in [1.807, 2.05) is 84.9 Å². The Kier molecular flexibility index (Phi) is 17.1. The Labute approximate surface area is 400 Å². The van der Waals surface area contributed by atoms with E-state index < -0.39 is 15.8 Å². The van der Waals surface area contributed by atoms with Crippen LogP contribution < -0.4 is 31.8 Å². The molecule has 0 nitrogen and oxygen atoms in total. The van der Waals surface area contributed by atoms with E-state index in [0.29, 0.717) is 0 Å². The maximum Gasteiger partial charge on any atom is 1.00 e. The molecule has 0 aliphatic rings. The normalized spacial score (nSPS) is 10.3. The summed E-state index contributed by atoms with van der Waals surface area (Å²) >= 11 is 0. The van der Waals surface area contributed by atoms with Crippen LogP contribution in [0.25, 0.3) is 32.3 Å². The fourth-order valence-electron chi connectivity index (χ4n) is 7.70. The standard InChI is InChI=1S/C34H26P2.2C12H7.2Au/c1-5-17-29(18-6-1)35(30-19-7-2-8-20-30)33-25-27-15-13-14-16-28(27)26-34(33)36(31-21-9-3-10-22-31)32-23-11-4-12-24-32;2*1-2-10-7-5-8-11-6-3-4-9-12(10)11;;/h1-26H;2*3-9H;;/q;2*-1;2*+1/p+2. The van der Waals surface area contributed by atoms with Crippen LogP contribution in [0.3, 0.4) is 0 Å². The first kappa shape index (κ1) is 46.0. The molecule has 10 rings (SSSR count). The molecule has 10 aromatic carbocycles. The van der Waals surface area contributed by atoms with Gasteiger partial charge in [0.25, 0.3) is 0 Å². The molecule has 0 fully saturated rings. The van der Waals surface area contributed by atoms with Gasteiger partial charge in [0.15, 0.2) is 0 Å². The van der Waals surface area contributed by atoms with Crippen LogP contribution in [0.4, 0.5) is 0 Å². The molecule has 0 spiro atoms. The third-order valence-electron chi connectivity index (χ3n) is 10.5. The zero-order valence-electron chi connectivity index (χ0n) is 33.7. The van der Waals surface area contributed by atoms with Crippen LogP contribution in [0.5, 0.6) is 0 Å². The van der Waals surface area contributed by atoms with E-state index in [-0.39, 0.29) is 44.8 Å². The summed E-state index contributed by atoms with van der Waals surface area (Å²) in [6.45, 7) is 0. The van der Waals surface area contributed by atoms with Crippen molar-refractivity contribution in [3.8, 4) is 11.8 Å². The Bertz CT molecular complexity index is 2770. The average Bonchev–Trinajstić information content (AvgIpc) is 3.33. The van der Waals surface area contributed by atoms with Crippen molar-refractivity contribution in [2.45, 2.75) is 0 Å². The quantitative estimate of drug-likeness (QED) is 0.0674. The van der Waals surface area contributed by atoms with Crippen LogP contribution in [0.1, 0.15) is 11.1 Å². The van der Waals surface area contributed by atoms with Crippen LogP contribution in [0.2, 0.25) is 0 Å². The number of fused-ring (bicyclic) bond motifs is 3. The van der Waals surface area contributed by atoms with Gasteiger partial charge in [-0.25, -0.2) is 0 Å². The van der Waals surface area contributed by atoms with Gasteiger partial charge in [-0.2, -0.15) is 0 Å². The summed E-state index contributed by atoms with van der Waals surface area (Å²) in [5.41, 5.74) is 1.71. The minimum atomic E-state index is -1.23. The van der Waals surface area contributed by atoms with Gasteiger partial charge in [0.1, 0.15) is 47.7 Å². The first-order valence-corrected chi connectivity index (χ1v) is 23.0. The Balaban J connectivity index is 0.000000201. The minimum Gasteiger partial charge on any atom is -0.366 e. The van der Waals surface area contributed by atoms with Crippen molar-refractivity contribution in [2.24, 2.45) is 0 Å². The molecule has 0 amide bonds. The Morgan fingerprint density at radius 3 is 0.839 bits per heavy atom. The van der Waals surface area contributed by atoms with Crippen LogP contribution in [0.15, 0.2) is 243 Å². The summed E-state index contributed by atoms with van der Waals surface area (Å²) in [6.07, 6.45) is 14.2. The molecule has 0 radical (unpaired) electrons. The molecular formula is C58H42Au2P2+2. The third kappa shape index (κ3) is 10.9. The molecule has 0 saturated carbocycles. The van der Waals surface area contributed by atoms with Gasteiger partial charge in [0.05, 0.1) is 0 Å². The van der Waals surface area contributed by atoms with E-state index in [2.05, 4.69) is 170 Å². The second kappa shape index (κ2) is 23.0. The molecule has 0 unspecified atom stereocenters. The number of hydrogen-bond acceptors (Lipinski definition) is 0. The second-order valence-corrected chi connectivity index (χ2v) is 19.1. The maximum atomic E-state index is 7.08. The molecule has 0 bridgehead atoms. The van der Waals surface area contributed by atoms with Crippen molar-refractivity contribution in [3.05, 3.63) is 267 Å². The molecule has 0 atom stereocenters. The smallest absolute Gasteiger partial charge is 0.366 e. The molecular weight excluding hydrogens is 1150 g/mol. The maximum absolute atomic E-state index is 7.08. The first-order valence-electron chi connectivity index (χ1n) is 20.0. The molecule has 304 valence electrons. The summed E-state index contributed by atoms with van der Waals surface area (Å²) in [4.78, 5) is 0. The van der Waals surface area contributed by atoms with E-state index in [4.69, 9.17) is 12.8 Å². The van der Waals surface area contributed by atoms with Crippen molar-refractivity contribution in [1.29, 1.82) is 0 Å². The van der Waals surface area contributed by atoms with Gasteiger partial charge in [-0.3, -0.25) is 11.8 Å². The van der Waals surface area contributed by atoms with Gasteiger partial charge in [0.2, 0.25) is 0 Å². The summed E-state index contributed by atoms with van der Waals surface area (Å²) in [6, 6.07) is 86.1. The second-order valence-electron chi connectivity index (χ2n) is 14.3. The average molecular weight is 1190 g/mol. The van der Waals surface area contributed by atoms with Crippen molar-refractivity contribution >= 4 is 80.0 Å². The van der Waals surface area contributed by atoms with E-state index in [9.17, 15) is 0 Å². The predicted molar refractivity (Wildman–Crippen MR) is 265 cm³/mol. The van der Waals surface area contributed by atoms with Crippen LogP contribution in [-0.2, 0) is 44.8 Å². The fraction of sp³-hybridized carbons (Fsp3) is 0. The molecule has 0 heterocycles. The number of benzene rings is 10. The van der Waals surface area contributed by atoms with Crippen molar-refractivity contribution in [1.82, 2.24) is 0 Å². The van der Waals surface area contributed by atoms with Gasteiger partial charge in [-0.05, 0) is 82.2 Å². The minimum absolute atomic E-state index is 0. The number of rotatable bonds is 6. The molecule has 0 saturated heterocycles. The molecule has 62 heavy (non-hydrogen) atoms. The Hall–Kier alpha value is -5.56. The topological polar surface area (TPSA) is 0 Å². The van der Waals surface area contributed by atoms with Gasteiger partial charge in [-0.15, -0.1) is 23.3 Å². The molecule has 4 heteroatoms. The van der Waals surface area contributed by atoms with Crippen molar-refractivity contribution in [2.75, 3.05) is 0 Å². The van der Waals surface area contributed by atoms with Gasteiger partial charge >= 0.3 is 44.8 Å². The van der Waals surface area contributed by atoms with Crippen LogP contribution >= 0.6 is 15.8 Å². The molecule has 0 N–H and O–H groups in total. The molecule has 10 aromatic rings. The summed E-state index contributed by atoms with van der Waals surface area (Å²) < 4.78 is 0. The molecule has 0 aliphatic carbocycles. The number of hydrogen-bond donors (Lipinski definition) is 0. The molecule has 0 aliphatic heterocycles. The fourth-order valence-corrected chi connectivity index (χ4v) is 13.7. The zero-order chi connectivity index (χ0) is 40.9. The SMILES string of the molecule is [Au+].[Au+].[C-]#Cc1cccc2ccccc12.[C-]#Cc1cccc2ccccc12.c1ccc([PH+](c2ccccc2)c2cc3ccccc3cc2[PH+](c2ccccc2)c2ccccc2)cc1. The molecule has 0 aromatic heterocycles. The van der Waals surface area contributed by atoms with E-state index in [0.717, 1.165) is 32.7 Å². The monoisotopic (exact) mass is 1190 g/mol. The van der Waals surface area contributed by atoms with Gasteiger partial charge in [-0.1, -0.05) is 181 Å². The first-order chi connectivity index (χ1) is 29.7. The summed E-state index contributed by atoms with van der Waals surface area (Å²) in [5, 5.41) is 15.8. The van der Waals surface area contributed by atoms with Crippen molar-refractivity contribution in [3.63, 3.8) is 0 Å². The summed E-state index contributed by atoms with van der Waals surface area (Å²) in [7, 11) is -2.46. The Morgan fingerprint density at radius 2 is 0.532 bits per heavy atom. The van der Waals surface area contributed by atoms with Crippen LogP contribution in [-0.4, -0.2) is 0 Å². The van der Waals surface area contributed by atoms with Crippen LogP contribution in [0, 0.1) is 24.7 Å². The summed E-state index contributed by atoms with van der Waals surface area (Å²) in [5.74, 6) is 4.84. The van der Waals surface area contributed by atoms with Gasteiger partial charge in [0, 0.05) is 0 Å².